The first-order valence-corrected chi connectivity index (χ1v) is 7.70. The van der Waals surface area contributed by atoms with Crippen LogP contribution in [0.4, 0.5) is 0 Å². The first-order valence-electron chi connectivity index (χ1n) is 7.70. The Morgan fingerprint density at radius 3 is 2.42 bits per heavy atom. The zero-order valence-corrected chi connectivity index (χ0v) is 13.0. The summed E-state index contributed by atoms with van der Waals surface area (Å²) >= 11 is 0. The van der Waals surface area contributed by atoms with E-state index in [0.717, 1.165) is 38.9 Å². The van der Waals surface area contributed by atoms with Gasteiger partial charge in [-0.15, -0.1) is 0 Å². The zero-order valence-electron chi connectivity index (χ0n) is 13.0. The molecule has 1 heterocycles. The molecule has 4 heteroatoms. The van der Waals surface area contributed by atoms with E-state index in [-0.39, 0.29) is 11.8 Å². The van der Waals surface area contributed by atoms with Crippen molar-refractivity contribution in [1.29, 1.82) is 0 Å². The summed E-state index contributed by atoms with van der Waals surface area (Å²) < 4.78 is 0. The van der Waals surface area contributed by atoms with Gasteiger partial charge in [0.15, 0.2) is 0 Å². The highest BCUT2D eigenvalue weighted by atomic mass is 16.1. The molecule has 0 saturated carbocycles. The molecule has 0 aromatic carbocycles. The van der Waals surface area contributed by atoms with Crippen LogP contribution in [0.15, 0.2) is 0 Å². The highest BCUT2D eigenvalue weighted by molar-refractivity contribution is 5.78. The molecule has 1 N–H and O–H groups in total. The predicted molar refractivity (Wildman–Crippen MR) is 80.3 cm³/mol. The molecule has 1 fully saturated rings. The van der Waals surface area contributed by atoms with Gasteiger partial charge in [0.25, 0.3) is 0 Å². The maximum absolute atomic E-state index is 11.9. The van der Waals surface area contributed by atoms with Crippen molar-refractivity contribution in [3.63, 3.8) is 0 Å². The van der Waals surface area contributed by atoms with E-state index >= 15 is 0 Å². The summed E-state index contributed by atoms with van der Waals surface area (Å²) in [5.74, 6) is 0.534. The van der Waals surface area contributed by atoms with Gasteiger partial charge in [0, 0.05) is 12.5 Å². The number of likely N-dealkylation sites (tertiary alicyclic amines) is 1. The van der Waals surface area contributed by atoms with Crippen molar-refractivity contribution < 1.29 is 4.79 Å². The van der Waals surface area contributed by atoms with Crippen molar-refractivity contribution in [3.05, 3.63) is 0 Å². The summed E-state index contributed by atoms with van der Waals surface area (Å²) in [6.45, 7) is 4.14. The first kappa shape index (κ1) is 16.4. The number of carbonyl (C=O) groups is 1. The fourth-order valence-electron chi connectivity index (χ4n) is 2.53. The lowest BCUT2D eigenvalue weighted by molar-refractivity contribution is -0.126. The van der Waals surface area contributed by atoms with Crippen molar-refractivity contribution in [3.8, 4) is 0 Å². The first-order chi connectivity index (χ1) is 9.09. The van der Waals surface area contributed by atoms with Gasteiger partial charge in [0.2, 0.25) is 5.91 Å². The lowest BCUT2D eigenvalue weighted by Gasteiger charge is -2.28. The third-order valence-electron chi connectivity index (χ3n) is 3.92. The van der Waals surface area contributed by atoms with Gasteiger partial charge in [0.05, 0.1) is 0 Å². The van der Waals surface area contributed by atoms with Crippen molar-refractivity contribution in [1.82, 2.24) is 15.1 Å². The Morgan fingerprint density at radius 2 is 1.79 bits per heavy atom. The summed E-state index contributed by atoms with van der Waals surface area (Å²) in [5, 5.41) is 3.10. The number of unbranched alkanes of at least 4 members (excludes halogenated alkanes) is 3. The number of rotatable bonds is 8. The fourth-order valence-corrected chi connectivity index (χ4v) is 2.53. The molecule has 19 heavy (non-hydrogen) atoms. The van der Waals surface area contributed by atoms with Gasteiger partial charge < -0.3 is 15.1 Å². The Kier molecular flexibility index (Phi) is 8.07. The highest BCUT2D eigenvalue weighted by Gasteiger charge is 2.22. The molecule has 0 bridgehead atoms. The Bertz CT molecular complexity index is 248. The van der Waals surface area contributed by atoms with Crippen LogP contribution in [0, 0.1) is 5.92 Å². The quantitative estimate of drug-likeness (QED) is 0.679. The molecule has 0 radical (unpaired) electrons. The number of hydrogen-bond donors (Lipinski definition) is 1. The molecule has 0 aromatic rings. The number of nitrogens with zero attached hydrogens (tertiary/aromatic N) is 2. The molecule has 112 valence electrons. The zero-order chi connectivity index (χ0) is 14.1. The van der Waals surface area contributed by atoms with E-state index < -0.39 is 0 Å². The minimum Gasteiger partial charge on any atom is -0.356 e. The van der Waals surface area contributed by atoms with Crippen LogP contribution >= 0.6 is 0 Å². The Hall–Kier alpha value is -0.610. The summed E-state index contributed by atoms with van der Waals surface area (Å²) in [6, 6.07) is 0. The smallest absolute Gasteiger partial charge is 0.223 e. The summed E-state index contributed by atoms with van der Waals surface area (Å²) in [6.07, 6.45) is 6.90. The van der Waals surface area contributed by atoms with E-state index in [0.29, 0.717) is 0 Å². The minimum absolute atomic E-state index is 0.255. The lowest BCUT2D eigenvalue weighted by atomic mass is 9.96. The Balaban J connectivity index is 1.95. The summed E-state index contributed by atoms with van der Waals surface area (Å²) in [4.78, 5) is 16.5. The average molecular weight is 269 g/mol. The number of carbonyl (C=O) groups excluding carboxylic acids is 1. The molecule has 1 aliphatic heterocycles. The molecule has 0 atom stereocenters. The van der Waals surface area contributed by atoms with Crippen molar-refractivity contribution in [2.45, 2.75) is 38.5 Å². The van der Waals surface area contributed by atoms with Gasteiger partial charge in [-0.25, -0.2) is 0 Å². The van der Waals surface area contributed by atoms with E-state index in [1.165, 1.54) is 25.8 Å². The van der Waals surface area contributed by atoms with E-state index in [9.17, 15) is 4.79 Å². The normalized spacial score (nSPS) is 17.9. The van der Waals surface area contributed by atoms with E-state index in [1.807, 2.05) is 0 Å². The molecule has 0 spiro atoms. The molecule has 1 rings (SSSR count). The molecular formula is C15H31N3O. The monoisotopic (exact) mass is 269 g/mol. The second-order valence-electron chi connectivity index (χ2n) is 6.09. The molecule has 1 aliphatic rings. The van der Waals surface area contributed by atoms with Crippen LogP contribution in [0.25, 0.3) is 0 Å². The fraction of sp³-hybridized carbons (Fsp3) is 0.933. The largest absolute Gasteiger partial charge is 0.356 e. The topological polar surface area (TPSA) is 35.6 Å². The maximum atomic E-state index is 11.9. The Labute approximate surface area is 118 Å². The molecule has 0 aromatic heterocycles. The van der Waals surface area contributed by atoms with Gasteiger partial charge in [-0.1, -0.05) is 12.8 Å². The lowest BCUT2D eigenvalue weighted by Crippen LogP contribution is -2.39. The van der Waals surface area contributed by atoms with Crippen molar-refractivity contribution >= 4 is 5.91 Å². The molecule has 1 saturated heterocycles. The van der Waals surface area contributed by atoms with Gasteiger partial charge in [-0.2, -0.15) is 0 Å². The number of nitrogens with one attached hydrogen (secondary N) is 1. The van der Waals surface area contributed by atoms with Crippen LogP contribution in [0.1, 0.15) is 38.5 Å². The third kappa shape index (κ3) is 7.53. The molecular weight excluding hydrogens is 238 g/mol. The van der Waals surface area contributed by atoms with Crippen LogP contribution in [-0.2, 0) is 4.79 Å². The van der Waals surface area contributed by atoms with Crippen molar-refractivity contribution in [2.24, 2.45) is 5.92 Å². The second-order valence-corrected chi connectivity index (χ2v) is 6.09. The van der Waals surface area contributed by atoms with Gasteiger partial charge in [-0.05, 0) is 66.5 Å². The Morgan fingerprint density at radius 1 is 1.16 bits per heavy atom. The summed E-state index contributed by atoms with van der Waals surface area (Å²) in [5.41, 5.74) is 0. The standard InChI is InChI=1S/C15H31N3O/c1-17(2)11-7-5-4-6-10-16-15(19)14-8-12-18(3)13-9-14/h14H,4-13H2,1-3H3,(H,16,19). The van der Waals surface area contributed by atoms with Gasteiger partial charge in [0.1, 0.15) is 0 Å². The van der Waals surface area contributed by atoms with Crippen LogP contribution in [-0.4, -0.2) is 63.0 Å². The van der Waals surface area contributed by atoms with E-state index in [1.54, 1.807) is 0 Å². The molecule has 4 nitrogen and oxygen atoms in total. The maximum Gasteiger partial charge on any atom is 0.223 e. The van der Waals surface area contributed by atoms with Crippen LogP contribution in [0.5, 0.6) is 0 Å². The average Bonchev–Trinajstić information content (AvgIpc) is 2.38. The van der Waals surface area contributed by atoms with Crippen LogP contribution in [0.3, 0.4) is 0 Å². The minimum atomic E-state index is 0.255. The second kappa shape index (κ2) is 9.32. The van der Waals surface area contributed by atoms with Crippen LogP contribution < -0.4 is 5.32 Å². The van der Waals surface area contributed by atoms with Crippen molar-refractivity contribution in [2.75, 3.05) is 47.3 Å². The SMILES string of the molecule is CN(C)CCCCCCNC(=O)C1CCN(C)CC1. The molecule has 0 unspecified atom stereocenters. The molecule has 1 amide bonds. The number of hydrogen-bond acceptors (Lipinski definition) is 3. The van der Waals surface area contributed by atoms with E-state index in [2.05, 4.69) is 36.3 Å². The van der Waals surface area contributed by atoms with Crippen LogP contribution in [0.2, 0.25) is 0 Å². The summed E-state index contributed by atoms with van der Waals surface area (Å²) in [7, 11) is 6.35. The number of piperidine rings is 1. The predicted octanol–water partition coefficient (Wildman–Crippen LogP) is 1.57. The molecule has 0 aliphatic carbocycles. The van der Waals surface area contributed by atoms with E-state index in [4.69, 9.17) is 0 Å². The van der Waals surface area contributed by atoms with Gasteiger partial charge in [-0.3, -0.25) is 4.79 Å². The third-order valence-corrected chi connectivity index (χ3v) is 3.92. The van der Waals surface area contributed by atoms with Gasteiger partial charge >= 0.3 is 0 Å². The number of amides is 1. The highest BCUT2D eigenvalue weighted by Crippen LogP contribution is 2.15.